The zero-order chi connectivity index (χ0) is 11.1. The molecule has 1 heterocycles. The maximum absolute atomic E-state index is 5.39. The van der Waals surface area contributed by atoms with E-state index in [9.17, 15) is 0 Å². The fraction of sp³-hybridized carbons (Fsp3) is 0.462. The van der Waals surface area contributed by atoms with Crippen LogP contribution in [0.15, 0.2) is 18.2 Å². The van der Waals surface area contributed by atoms with Crippen molar-refractivity contribution in [3.8, 4) is 0 Å². The molecule has 0 spiro atoms. The molecule has 0 bridgehead atoms. The molecule has 1 N–H and O–H groups in total. The van der Waals surface area contributed by atoms with Crippen LogP contribution in [0, 0.1) is 17.6 Å². The number of nitrogens with one attached hydrogen (secondary N) is 1. The van der Waals surface area contributed by atoms with Crippen LogP contribution < -0.4 is 0 Å². The summed E-state index contributed by atoms with van der Waals surface area (Å²) in [5, 5.41) is 0. The van der Waals surface area contributed by atoms with Gasteiger partial charge in [0.25, 0.3) is 0 Å². The van der Waals surface area contributed by atoms with Gasteiger partial charge in [-0.1, -0.05) is 25.0 Å². The van der Waals surface area contributed by atoms with Crippen molar-refractivity contribution < 1.29 is 0 Å². The van der Waals surface area contributed by atoms with Crippen LogP contribution in [0.5, 0.6) is 0 Å². The number of fused-ring (bicyclic) bond motifs is 1. The Kier molecular flexibility index (Phi) is 2.36. The third-order valence-corrected chi connectivity index (χ3v) is 3.80. The number of H-pyrrole nitrogens is 1. The second-order valence-corrected chi connectivity index (χ2v) is 5.17. The van der Waals surface area contributed by atoms with Crippen LogP contribution in [-0.4, -0.2) is 9.55 Å². The average Bonchev–Trinajstić information content (AvgIpc) is 3.02. The highest BCUT2D eigenvalue weighted by atomic mass is 32.1. The normalized spacial score (nSPS) is 15.8. The predicted molar refractivity (Wildman–Crippen MR) is 69.2 cm³/mol. The van der Waals surface area contributed by atoms with Gasteiger partial charge in [0, 0.05) is 6.54 Å². The van der Waals surface area contributed by atoms with Crippen LogP contribution in [0.3, 0.4) is 0 Å². The van der Waals surface area contributed by atoms with E-state index in [1.165, 1.54) is 35.9 Å². The molecular weight excluding hydrogens is 216 g/mol. The fourth-order valence-corrected chi connectivity index (χ4v) is 2.56. The van der Waals surface area contributed by atoms with Crippen molar-refractivity contribution in [3.63, 3.8) is 0 Å². The second kappa shape index (κ2) is 3.74. The number of aromatic nitrogens is 2. The predicted octanol–water partition coefficient (Wildman–Crippen LogP) is 3.81. The summed E-state index contributed by atoms with van der Waals surface area (Å²) in [6, 6.07) is 6.38. The number of nitrogens with zero attached hydrogens (tertiary/aromatic N) is 1. The highest BCUT2D eigenvalue weighted by molar-refractivity contribution is 7.71. The number of rotatable bonds is 3. The van der Waals surface area contributed by atoms with Crippen molar-refractivity contribution in [2.45, 2.75) is 32.7 Å². The summed E-state index contributed by atoms with van der Waals surface area (Å²) in [7, 11) is 0. The molecule has 16 heavy (non-hydrogen) atoms. The molecule has 1 aliphatic carbocycles. The van der Waals surface area contributed by atoms with Gasteiger partial charge >= 0.3 is 0 Å². The molecule has 3 heteroatoms. The topological polar surface area (TPSA) is 20.7 Å². The van der Waals surface area contributed by atoms with Gasteiger partial charge in [-0.3, -0.25) is 0 Å². The van der Waals surface area contributed by atoms with Gasteiger partial charge in [0.05, 0.1) is 11.0 Å². The molecule has 1 saturated carbocycles. The quantitative estimate of drug-likeness (QED) is 0.798. The minimum Gasteiger partial charge on any atom is -0.330 e. The third-order valence-electron chi connectivity index (χ3n) is 3.48. The largest absolute Gasteiger partial charge is 0.330 e. The molecule has 1 aromatic heterocycles. The van der Waals surface area contributed by atoms with E-state index in [1.54, 1.807) is 0 Å². The van der Waals surface area contributed by atoms with E-state index in [1.807, 2.05) is 0 Å². The van der Waals surface area contributed by atoms with E-state index >= 15 is 0 Å². The zero-order valence-electron chi connectivity index (χ0n) is 9.49. The SMILES string of the molecule is Cc1cccc2c1[nH]c(=S)n2CCC1CC1. The smallest absolute Gasteiger partial charge is 0.178 e. The summed E-state index contributed by atoms with van der Waals surface area (Å²) in [5.41, 5.74) is 3.72. The zero-order valence-corrected chi connectivity index (χ0v) is 10.3. The van der Waals surface area contributed by atoms with Crippen LogP contribution in [0.1, 0.15) is 24.8 Å². The lowest BCUT2D eigenvalue weighted by Crippen LogP contribution is -1.98. The second-order valence-electron chi connectivity index (χ2n) is 4.78. The Bertz CT molecular complexity index is 575. The van der Waals surface area contributed by atoms with E-state index in [0.717, 1.165) is 17.2 Å². The first-order chi connectivity index (χ1) is 7.75. The Morgan fingerprint density at radius 2 is 2.25 bits per heavy atom. The summed E-state index contributed by atoms with van der Waals surface area (Å²) < 4.78 is 3.11. The van der Waals surface area contributed by atoms with Gasteiger partial charge in [-0.15, -0.1) is 0 Å². The van der Waals surface area contributed by atoms with E-state index in [4.69, 9.17) is 12.2 Å². The number of aromatic amines is 1. The van der Waals surface area contributed by atoms with Crippen molar-refractivity contribution in [3.05, 3.63) is 28.5 Å². The van der Waals surface area contributed by atoms with Gasteiger partial charge in [0.2, 0.25) is 0 Å². The molecule has 2 aromatic rings. The average molecular weight is 232 g/mol. The van der Waals surface area contributed by atoms with Gasteiger partial charge in [-0.25, -0.2) is 0 Å². The molecule has 3 rings (SSSR count). The Labute approximate surface area is 100 Å². The minimum absolute atomic E-state index is 0.866. The monoisotopic (exact) mass is 232 g/mol. The number of imidazole rings is 1. The highest BCUT2D eigenvalue weighted by Gasteiger charge is 2.21. The van der Waals surface area contributed by atoms with Crippen LogP contribution in [0.25, 0.3) is 11.0 Å². The van der Waals surface area contributed by atoms with Crippen molar-refractivity contribution in [1.82, 2.24) is 9.55 Å². The summed E-state index contributed by atoms with van der Waals surface area (Å²) in [6.45, 7) is 3.19. The van der Waals surface area contributed by atoms with E-state index < -0.39 is 0 Å². The lowest BCUT2D eigenvalue weighted by molar-refractivity contribution is 0.603. The lowest BCUT2D eigenvalue weighted by Gasteiger charge is -2.03. The first kappa shape index (κ1) is 10.1. The molecule has 1 aliphatic rings. The molecule has 0 unspecified atom stereocenters. The maximum atomic E-state index is 5.39. The van der Waals surface area contributed by atoms with Crippen LogP contribution in [0.2, 0.25) is 0 Å². The first-order valence-corrected chi connectivity index (χ1v) is 6.34. The van der Waals surface area contributed by atoms with Crippen molar-refractivity contribution in [1.29, 1.82) is 0 Å². The summed E-state index contributed by atoms with van der Waals surface area (Å²) in [4.78, 5) is 3.32. The van der Waals surface area contributed by atoms with Crippen molar-refractivity contribution >= 4 is 23.3 Å². The van der Waals surface area contributed by atoms with Crippen molar-refractivity contribution in [2.24, 2.45) is 5.92 Å². The number of hydrogen-bond donors (Lipinski definition) is 1. The summed E-state index contributed by atoms with van der Waals surface area (Å²) >= 11 is 5.39. The summed E-state index contributed by atoms with van der Waals surface area (Å²) in [5.74, 6) is 0.955. The van der Waals surface area contributed by atoms with Gasteiger partial charge in [0.15, 0.2) is 4.77 Å². The Balaban J connectivity index is 2.04. The van der Waals surface area contributed by atoms with E-state index in [2.05, 4.69) is 34.7 Å². The van der Waals surface area contributed by atoms with E-state index in [0.29, 0.717) is 0 Å². The molecule has 1 fully saturated rings. The Hall–Kier alpha value is -1.09. The van der Waals surface area contributed by atoms with Crippen molar-refractivity contribution in [2.75, 3.05) is 0 Å². The van der Waals surface area contributed by atoms with Gasteiger partial charge in [-0.05, 0) is 43.1 Å². The standard InChI is InChI=1S/C13H16N2S/c1-9-3-2-4-11-12(9)14-13(16)15(11)8-7-10-5-6-10/h2-4,10H,5-8H2,1H3,(H,14,16). The van der Waals surface area contributed by atoms with Gasteiger partial charge in [0.1, 0.15) is 0 Å². The molecule has 0 saturated heterocycles. The fourth-order valence-electron chi connectivity index (χ4n) is 2.26. The van der Waals surface area contributed by atoms with Gasteiger partial charge in [-0.2, -0.15) is 0 Å². The van der Waals surface area contributed by atoms with Crippen LogP contribution in [-0.2, 0) is 6.54 Å². The highest BCUT2D eigenvalue weighted by Crippen LogP contribution is 2.33. The maximum Gasteiger partial charge on any atom is 0.178 e. The molecule has 1 aromatic carbocycles. The first-order valence-electron chi connectivity index (χ1n) is 5.94. The molecule has 2 nitrogen and oxygen atoms in total. The number of para-hydroxylation sites is 1. The molecule has 0 radical (unpaired) electrons. The number of aryl methyl sites for hydroxylation is 2. The third kappa shape index (κ3) is 1.69. The Morgan fingerprint density at radius 3 is 3.00 bits per heavy atom. The van der Waals surface area contributed by atoms with E-state index in [-0.39, 0.29) is 0 Å². The molecule has 84 valence electrons. The summed E-state index contributed by atoms with van der Waals surface area (Å²) in [6.07, 6.45) is 4.10. The Morgan fingerprint density at radius 1 is 1.44 bits per heavy atom. The number of benzene rings is 1. The molecule has 0 atom stereocenters. The number of hydrogen-bond acceptors (Lipinski definition) is 1. The van der Waals surface area contributed by atoms with Gasteiger partial charge < -0.3 is 9.55 Å². The molecular formula is C13H16N2S. The molecule has 0 aliphatic heterocycles. The lowest BCUT2D eigenvalue weighted by atomic mass is 10.2. The molecule has 0 amide bonds. The minimum atomic E-state index is 0.866. The van der Waals surface area contributed by atoms with Crippen LogP contribution >= 0.6 is 12.2 Å². The van der Waals surface area contributed by atoms with Crippen LogP contribution in [0.4, 0.5) is 0 Å².